The molecule has 1 rings (SSSR count). The first-order valence-electron chi connectivity index (χ1n) is 7.11. The summed E-state index contributed by atoms with van der Waals surface area (Å²) >= 11 is 0. The van der Waals surface area contributed by atoms with E-state index < -0.39 is 9.84 Å². The molecular weight excluding hydrogens is 274 g/mol. The molecule has 0 unspecified atom stereocenters. The normalized spacial score (nSPS) is 12.8. The molecule has 0 aromatic carbocycles. The summed E-state index contributed by atoms with van der Waals surface area (Å²) in [6.45, 7) is 11.5. The summed E-state index contributed by atoms with van der Waals surface area (Å²) in [6, 6.07) is 0. The van der Waals surface area contributed by atoms with Crippen molar-refractivity contribution in [1.29, 1.82) is 0 Å². The lowest BCUT2D eigenvalue weighted by atomic mass is 10.1. The van der Waals surface area contributed by atoms with Crippen LogP contribution in [0.25, 0.3) is 0 Å². The van der Waals surface area contributed by atoms with Crippen LogP contribution in [0.15, 0.2) is 6.20 Å². The topological polar surface area (TPSA) is 64.0 Å². The number of rotatable bonds is 7. The van der Waals surface area contributed by atoms with E-state index in [0.29, 0.717) is 13.0 Å². The van der Waals surface area contributed by atoms with Gasteiger partial charge in [0.15, 0.2) is 0 Å². The number of hydrogen-bond acceptors (Lipinski definition) is 4. The molecule has 0 saturated carbocycles. The number of aromatic nitrogens is 2. The molecule has 0 aliphatic carbocycles. The van der Waals surface area contributed by atoms with Crippen LogP contribution >= 0.6 is 0 Å². The van der Waals surface area contributed by atoms with Gasteiger partial charge in [0.1, 0.15) is 9.84 Å². The van der Waals surface area contributed by atoms with Gasteiger partial charge in [-0.25, -0.2) is 8.42 Å². The highest BCUT2D eigenvalue weighted by atomic mass is 32.2. The van der Waals surface area contributed by atoms with Gasteiger partial charge in [-0.1, -0.05) is 6.92 Å². The minimum Gasteiger partial charge on any atom is -0.308 e. The van der Waals surface area contributed by atoms with Crippen molar-refractivity contribution in [3.63, 3.8) is 0 Å². The number of nitrogens with one attached hydrogen (secondary N) is 1. The van der Waals surface area contributed by atoms with Crippen molar-refractivity contribution in [3.05, 3.63) is 17.5 Å². The molecule has 0 saturated heterocycles. The lowest BCUT2D eigenvalue weighted by molar-refractivity contribution is 0.423. The number of hydrogen-bond donors (Lipinski definition) is 1. The molecular formula is C14H27N3O2S. The van der Waals surface area contributed by atoms with Crippen LogP contribution in [-0.4, -0.2) is 35.2 Å². The van der Waals surface area contributed by atoms with Gasteiger partial charge >= 0.3 is 0 Å². The average molecular weight is 301 g/mol. The lowest BCUT2D eigenvalue weighted by Crippen LogP contribution is -2.35. The molecule has 0 spiro atoms. The predicted octanol–water partition coefficient (Wildman–Crippen LogP) is 1.90. The first kappa shape index (κ1) is 17.2. The second-order valence-corrected chi connectivity index (χ2v) is 8.67. The summed E-state index contributed by atoms with van der Waals surface area (Å²) < 4.78 is 24.7. The van der Waals surface area contributed by atoms with Gasteiger partial charge < -0.3 is 5.32 Å². The Hall–Kier alpha value is -0.880. The second kappa shape index (κ2) is 6.72. The van der Waals surface area contributed by atoms with Crippen molar-refractivity contribution in [2.45, 2.75) is 59.7 Å². The maximum atomic E-state index is 11.4. The molecule has 1 aromatic heterocycles. The van der Waals surface area contributed by atoms with Gasteiger partial charge in [-0.2, -0.15) is 5.10 Å². The Bertz CT molecular complexity index is 527. The molecule has 116 valence electrons. The van der Waals surface area contributed by atoms with Gasteiger partial charge in [0, 0.05) is 36.1 Å². The van der Waals surface area contributed by atoms with Crippen LogP contribution in [0.2, 0.25) is 0 Å². The predicted molar refractivity (Wildman–Crippen MR) is 82.5 cm³/mol. The Kier molecular flexibility index (Phi) is 5.77. The highest BCUT2D eigenvalue weighted by Gasteiger charge is 2.12. The molecule has 1 N–H and O–H groups in total. The lowest BCUT2D eigenvalue weighted by Gasteiger charge is -2.20. The minimum atomic E-state index is -2.88. The fraction of sp³-hybridized carbons (Fsp3) is 0.786. The highest BCUT2D eigenvalue weighted by molar-refractivity contribution is 7.91. The highest BCUT2D eigenvalue weighted by Crippen LogP contribution is 2.09. The van der Waals surface area contributed by atoms with Crippen LogP contribution in [0.1, 0.15) is 45.4 Å². The number of nitrogens with zero attached hydrogens (tertiary/aromatic N) is 2. The van der Waals surface area contributed by atoms with Crippen molar-refractivity contribution in [2.75, 3.05) is 11.5 Å². The molecule has 0 bridgehead atoms. The zero-order chi connectivity index (χ0) is 15.4. The van der Waals surface area contributed by atoms with Crippen molar-refractivity contribution >= 4 is 9.84 Å². The molecule has 0 aliphatic heterocycles. The Morgan fingerprint density at radius 2 is 2.00 bits per heavy atom. The molecule has 1 heterocycles. The fourth-order valence-electron chi connectivity index (χ4n) is 1.80. The molecule has 5 nitrogen and oxygen atoms in total. The molecule has 20 heavy (non-hydrogen) atoms. The second-order valence-electron chi connectivity index (χ2n) is 6.20. The molecule has 0 aliphatic rings. The average Bonchev–Trinajstić information content (AvgIpc) is 2.66. The van der Waals surface area contributed by atoms with E-state index in [1.807, 2.05) is 17.8 Å². The zero-order valence-corrected chi connectivity index (χ0v) is 14.0. The first-order valence-corrected chi connectivity index (χ1v) is 8.93. The van der Waals surface area contributed by atoms with Crippen molar-refractivity contribution in [1.82, 2.24) is 15.1 Å². The third-order valence-corrected chi connectivity index (χ3v) is 4.93. The summed E-state index contributed by atoms with van der Waals surface area (Å²) in [5.74, 6) is 0.448. The van der Waals surface area contributed by atoms with E-state index >= 15 is 0 Å². The van der Waals surface area contributed by atoms with Crippen molar-refractivity contribution < 1.29 is 8.42 Å². The van der Waals surface area contributed by atoms with E-state index in [9.17, 15) is 8.42 Å². The van der Waals surface area contributed by atoms with Gasteiger partial charge in [0.25, 0.3) is 0 Å². The van der Waals surface area contributed by atoms with Gasteiger partial charge in [-0.15, -0.1) is 0 Å². The van der Waals surface area contributed by atoms with E-state index in [2.05, 4.69) is 31.2 Å². The quantitative estimate of drug-likeness (QED) is 0.835. The number of sulfone groups is 1. The maximum absolute atomic E-state index is 11.4. The Balaban J connectivity index is 2.53. The van der Waals surface area contributed by atoms with E-state index in [0.717, 1.165) is 12.2 Å². The van der Waals surface area contributed by atoms with Crippen LogP contribution in [-0.2, 0) is 22.9 Å². The summed E-state index contributed by atoms with van der Waals surface area (Å²) in [5.41, 5.74) is 2.24. The zero-order valence-electron chi connectivity index (χ0n) is 13.2. The van der Waals surface area contributed by atoms with E-state index in [4.69, 9.17) is 0 Å². The molecule has 1 aromatic rings. The smallest absolute Gasteiger partial charge is 0.150 e. The Morgan fingerprint density at radius 1 is 1.35 bits per heavy atom. The van der Waals surface area contributed by atoms with Crippen LogP contribution in [0.5, 0.6) is 0 Å². The van der Waals surface area contributed by atoms with E-state index in [1.54, 1.807) is 6.92 Å². The first-order chi connectivity index (χ1) is 9.13. The molecule has 0 radical (unpaired) electrons. The van der Waals surface area contributed by atoms with Gasteiger partial charge in [0.05, 0.1) is 11.4 Å². The third kappa shape index (κ3) is 6.05. The van der Waals surface area contributed by atoms with Crippen LogP contribution in [0.3, 0.4) is 0 Å². The Morgan fingerprint density at radius 3 is 2.55 bits per heavy atom. The van der Waals surface area contributed by atoms with Crippen LogP contribution in [0.4, 0.5) is 0 Å². The van der Waals surface area contributed by atoms with Gasteiger partial charge in [-0.3, -0.25) is 4.68 Å². The number of aryl methyl sites for hydroxylation is 2. The van der Waals surface area contributed by atoms with Crippen molar-refractivity contribution in [2.24, 2.45) is 0 Å². The molecule has 0 atom stereocenters. The van der Waals surface area contributed by atoms with E-state index in [1.165, 1.54) is 5.56 Å². The standard InChI is InChI=1S/C14H27N3O2S/c1-6-20(18,19)9-7-8-17-11-13(12(2)16-17)10-15-14(3,4)5/h11,15H,6-10H2,1-5H3. The Labute approximate surface area is 122 Å². The summed E-state index contributed by atoms with van der Waals surface area (Å²) in [6.07, 6.45) is 2.62. The molecule has 0 fully saturated rings. The SMILES string of the molecule is CCS(=O)(=O)CCCn1cc(CNC(C)(C)C)c(C)n1. The minimum absolute atomic E-state index is 0.0732. The summed E-state index contributed by atoms with van der Waals surface area (Å²) in [5, 5.41) is 7.87. The fourth-order valence-corrected chi connectivity index (χ4v) is 2.66. The third-order valence-electron chi connectivity index (χ3n) is 3.14. The van der Waals surface area contributed by atoms with E-state index in [-0.39, 0.29) is 17.0 Å². The monoisotopic (exact) mass is 301 g/mol. The molecule has 6 heteroatoms. The maximum Gasteiger partial charge on any atom is 0.150 e. The van der Waals surface area contributed by atoms with Gasteiger partial charge in [0.2, 0.25) is 0 Å². The largest absolute Gasteiger partial charge is 0.308 e. The van der Waals surface area contributed by atoms with Gasteiger partial charge in [-0.05, 0) is 34.1 Å². The molecule has 0 amide bonds. The summed E-state index contributed by atoms with van der Waals surface area (Å²) in [7, 11) is -2.88. The van der Waals surface area contributed by atoms with Crippen LogP contribution < -0.4 is 5.32 Å². The van der Waals surface area contributed by atoms with Crippen molar-refractivity contribution in [3.8, 4) is 0 Å². The summed E-state index contributed by atoms with van der Waals surface area (Å²) in [4.78, 5) is 0. The van der Waals surface area contributed by atoms with Crippen LogP contribution in [0, 0.1) is 6.92 Å².